The number of halogens is 1. The van der Waals surface area contributed by atoms with Crippen LogP contribution in [0.15, 0.2) is 67.0 Å². The van der Waals surface area contributed by atoms with Gasteiger partial charge >= 0.3 is 0 Å². The Bertz CT molecular complexity index is 1090. The summed E-state index contributed by atoms with van der Waals surface area (Å²) in [4.78, 5) is 4.17. The Labute approximate surface area is 162 Å². The van der Waals surface area contributed by atoms with Crippen LogP contribution in [-0.4, -0.2) is 22.3 Å². The van der Waals surface area contributed by atoms with Crippen molar-refractivity contribution in [3.63, 3.8) is 0 Å². The zero-order valence-electron chi connectivity index (χ0n) is 14.7. The van der Waals surface area contributed by atoms with E-state index in [1.54, 1.807) is 19.4 Å². The molecule has 0 spiro atoms. The fraction of sp³-hybridized carbons (Fsp3) is 0.0952. The van der Waals surface area contributed by atoms with Crippen LogP contribution in [0.25, 0.3) is 10.8 Å². The molecule has 2 aromatic heterocycles. The first-order valence-electron chi connectivity index (χ1n) is 8.48. The van der Waals surface area contributed by atoms with Gasteiger partial charge in [-0.2, -0.15) is 5.10 Å². The van der Waals surface area contributed by atoms with Crippen LogP contribution in [0.5, 0.6) is 5.75 Å². The van der Waals surface area contributed by atoms with Crippen molar-refractivity contribution >= 4 is 33.9 Å². The molecular formula is C21H17ClN4O. The van der Waals surface area contributed by atoms with Crippen LogP contribution in [0.1, 0.15) is 11.3 Å². The molecule has 1 N–H and O–H groups in total. The lowest BCUT2D eigenvalue weighted by atomic mass is 10.1. The third-order valence-electron chi connectivity index (χ3n) is 4.27. The van der Waals surface area contributed by atoms with Gasteiger partial charge in [-0.1, -0.05) is 41.9 Å². The van der Waals surface area contributed by atoms with Gasteiger partial charge in [-0.15, -0.1) is 5.10 Å². The third-order valence-corrected chi connectivity index (χ3v) is 4.57. The van der Waals surface area contributed by atoms with E-state index in [1.807, 2.05) is 48.7 Å². The lowest BCUT2D eigenvalue weighted by molar-refractivity contribution is 0.415. The molecule has 0 aliphatic carbocycles. The maximum atomic E-state index is 6.22. The van der Waals surface area contributed by atoms with Gasteiger partial charge in [0.25, 0.3) is 0 Å². The smallest absolute Gasteiger partial charge is 0.160 e. The van der Waals surface area contributed by atoms with Crippen molar-refractivity contribution in [2.45, 2.75) is 6.42 Å². The van der Waals surface area contributed by atoms with Crippen LogP contribution < -0.4 is 10.1 Å². The first-order chi connectivity index (χ1) is 13.2. The van der Waals surface area contributed by atoms with E-state index >= 15 is 0 Å². The van der Waals surface area contributed by atoms with Crippen LogP contribution in [0, 0.1) is 0 Å². The van der Waals surface area contributed by atoms with Gasteiger partial charge in [0.1, 0.15) is 5.75 Å². The summed E-state index contributed by atoms with van der Waals surface area (Å²) in [5, 5.41) is 14.8. The molecule has 0 aliphatic heterocycles. The van der Waals surface area contributed by atoms with Crippen LogP contribution in [0.4, 0.5) is 11.5 Å². The molecule has 0 amide bonds. The summed E-state index contributed by atoms with van der Waals surface area (Å²) in [6, 6.07) is 17.6. The summed E-state index contributed by atoms with van der Waals surface area (Å²) in [6.07, 6.45) is 4.29. The van der Waals surface area contributed by atoms with Gasteiger partial charge < -0.3 is 10.1 Å². The molecule has 0 unspecified atom stereocenters. The van der Waals surface area contributed by atoms with Crippen LogP contribution in [-0.2, 0) is 6.42 Å². The molecule has 0 fully saturated rings. The summed E-state index contributed by atoms with van der Waals surface area (Å²) in [7, 11) is 1.59. The fourth-order valence-electron chi connectivity index (χ4n) is 2.96. The Morgan fingerprint density at radius 2 is 1.85 bits per heavy atom. The average Bonchev–Trinajstić information content (AvgIpc) is 2.71. The van der Waals surface area contributed by atoms with Crippen molar-refractivity contribution in [1.29, 1.82) is 0 Å². The lowest BCUT2D eigenvalue weighted by Crippen LogP contribution is -2.02. The number of nitrogens with one attached hydrogen (secondary N) is 1. The number of hydrogen-bond acceptors (Lipinski definition) is 5. The molecule has 0 bridgehead atoms. The van der Waals surface area contributed by atoms with Crippen molar-refractivity contribution < 1.29 is 4.74 Å². The molecule has 2 heterocycles. The van der Waals surface area contributed by atoms with E-state index in [0.717, 1.165) is 27.7 Å². The fourth-order valence-corrected chi connectivity index (χ4v) is 3.22. The number of ether oxygens (including phenoxy) is 1. The molecule has 4 aromatic rings. The molecule has 27 heavy (non-hydrogen) atoms. The second-order valence-corrected chi connectivity index (χ2v) is 6.46. The minimum atomic E-state index is 0.535. The minimum Gasteiger partial charge on any atom is -0.495 e. The molecule has 0 radical (unpaired) electrons. The van der Waals surface area contributed by atoms with Gasteiger partial charge in [0.2, 0.25) is 0 Å². The second kappa shape index (κ2) is 7.60. The highest BCUT2D eigenvalue weighted by Gasteiger charge is 2.11. The van der Waals surface area contributed by atoms with Crippen molar-refractivity contribution in [3.05, 3.63) is 83.3 Å². The molecule has 0 aliphatic rings. The van der Waals surface area contributed by atoms with Gasteiger partial charge in [0.15, 0.2) is 5.82 Å². The summed E-state index contributed by atoms with van der Waals surface area (Å²) < 4.78 is 5.20. The topological polar surface area (TPSA) is 59.9 Å². The van der Waals surface area contributed by atoms with Crippen molar-refractivity contribution in [1.82, 2.24) is 15.2 Å². The number of hydrogen-bond donors (Lipinski definition) is 1. The van der Waals surface area contributed by atoms with E-state index in [9.17, 15) is 0 Å². The molecule has 6 heteroatoms. The Balaban J connectivity index is 1.70. The Kier molecular flexibility index (Phi) is 4.85. The first kappa shape index (κ1) is 17.2. The first-order valence-corrected chi connectivity index (χ1v) is 8.86. The van der Waals surface area contributed by atoms with E-state index < -0.39 is 0 Å². The van der Waals surface area contributed by atoms with Crippen molar-refractivity contribution in [3.8, 4) is 5.75 Å². The highest BCUT2D eigenvalue weighted by atomic mass is 35.5. The average molecular weight is 377 g/mol. The highest BCUT2D eigenvalue weighted by molar-refractivity contribution is 6.32. The van der Waals surface area contributed by atoms with Crippen molar-refractivity contribution in [2.24, 2.45) is 0 Å². The molecular weight excluding hydrogens is 360 g/mol. The summed E-state index contributed by atoms with van der Waals surface area (Å²) >= 11 is 6.22. The standard InChI is InChI=1S/C21H17ClN4O/c1-27-20-9-8-15(12-18(20)22)24-21-17-7-3-2-6-16(17)19(25-26-21)11-14-5-4-10-23-13-14/h2-10,12-13H,11H2,1H3,(H,24,26). The summed E-state index contributed by atoms with van der Waals surface area (Å²) in [6.45, 7) is 0. The van der Waals surface area contributed by atoms with E-state index in [0.29, 0.717) is 23.0 Å². The predicted molar refractivity (Wildman–Crippen MR) is 108 cm³/mol. The van der Waals surface area contributed by atoms with Crippen LogP contribution >= 0.6 is 11.6 Å². The number of anilines is 2. The number of nitrogens with zero attached hydrogens (tertiary/aromatic N) is 3. The lowest BCUT2D eigenvalue weighted by Gasteiger charge is -2.12. The number of aromatic nitrogens is 3. The number of pyridine rings is 1. The SMILES string of the molecule is COc1ccc(Nc2nnc(Cc3cccnc3)c3ccccc23)cc1Cl. The Hall–Kier alpha value is -3.18. The number of fused-ring (bicyclic) bond motifs is 1. The molecule has 5 nitrogen and oxygen atoms in total. The monoisotopic (exact) mass is 376 g/mol. The zero-order valence-corrected chi connectivity index (χ0v) is 15.4. The predicted octanol–water partition coefficient (Wildman–Crippen LogP) is 5.02. The largest absolute Gasteiger partial charge is 0.495 e. The van der Waals surface area contributed by atoms with E-state index in [4.69, 9.17) is 16.3 Å². The van der Waals surface area contributed by atoms with Gasteiger partial charge in [-0.25, -0.2) is 0 Å². The maximum absolute atomic E-state index is 6.22. The summed E-state index contributed by atoms with van der Waals surface area (Å²) in [5.74, 6) is 1.31. The Morgan fingerprint density at radius 3 is 2.59 bits per heavy atom. The van der Waals surface area contributed by atoms with E-state index in [1.165, 1.54) is 0 Å². The van der Waals surface area contributed by atoms with Crippen molar-refractivity contribution in [2.75, 3.05) is 12.4 Å². The van der Waals surface area contributed by atoms with Crippen LogP contribution in [0.3, 0.4) is 0 Å². The minimum absolute atomic E-state index is 0.535. The molecule has 0 atom stereocenters. The van der Waals surface area contributed by atoms with E-state index in [-0.39, 0.29) is 0 Å². The van der Waals surface area contributed by atoms with E-state index in [2.05, 4.69) is 26.6 Å². The number of rotatable bonds is 5. The normalized spacial score (nSPS) is 10.7. The molecule has 2 aromatic carbocycles. The number of methoxy groups -OCH3 is 1. The molecule has 0 saturated heterocycles. The maximum Gasteiger partial charge on any atom is 0.160 e. The van der Waals surface area contributed by atoms with Gasteiger partial charge in [-0.05, 0) is 29.8 Å². The third kappa shape index (κ3) is 3.68. The van der Waals surface area contributed by atoms with Gasteiger partial charge in [-0.3, -0.25) is 4.98 Å². The van der Waals surface area contributed by atoms with Gasteiger partial charge in [0.05, 0.1) is 17.8 Å². The second-order valence-electron chi connectivity index (χ2n) is 6.05. The zero-order chi connectivity index (χ0) is 18.6. The molecule has 0 saturated carbocycles. The van der Waals surface area contributed by atoms with Crippen LogP contribution in [0.2, 0.25) is 5.02 Å². The quantitative estimate of drug-likeness (QED) is 0.529. The molecule has 4 rings (SSSR count). The molecule has 134 valence electrons. The summed E-state index contributed by atoms with van der Waals surface area (Å²) in [5.41, 5.74) is 2.83. The highest BCUT2D eigenvalue weighted by Crippen LogP contribution is 2.31. The van der Waals surface area contributed by atoms with Gasteiger partial charge in [0, 0.05) is 35.3 Å². The number of benzene rings is 2. The Morgan fingerprint density at radius 1 is 1.00 bits per heavy atom.